The number of anilines is 1. The van der Waals surface area contributed by atoms with E-state index in [9.17, 15) is 19.5 Å². The molecule has 1 unspecified atom stereocenters. The number of benzene rings is 2. The molecule has 35 heavy (non-hydrogen) atoms. The molecule has 2 aromatic rings. The van der Waals surface area contributed by atoms with Crippen molar-refractivity contribution >= 4 is 23.5 Å². The molecule has 0 aliphatic rings. The molecule has 190 valence electrons. The van der Waals surface area contributed by atoms with Gasteiger partial charge in [-0.25, -0.2) is 4.79 Å². The number of nitrogens with one attached hydrogen (secondary N) is 1. The Morgan fingerprint density at radius 2 is 1.54 bits per heavy atom. The summed E-state index contributed by atoms with van der Waals surface area (Å²) in [4.78, 5) is 37.8. The number of unbranched alkanes of at least 4 members (excludes halogenated alkanes) is 5. The van der Waals surface area contributed by atoms with Crippen LogP contribution in [0.25, 0.3) is 11.1 Å². The van der Waals surface area contributed by atoms with E-state index in [1.165, 1.54) is 25.7 Å². The third-order valence-electron chi connectivity index (χ3n) is 6.19. The molecule has 0 bridgehead atoms. The number of amides is 2. The second kappa shape index (κ2) is 15.0. The van der Waals surface area contributed by atoms with Gasteiger partial charge in [-0.05, 0) is 41.7 Å². The van der Waals surface area contributed by atoms with Crippen molar-refractivity contribution in [1.29, 1.82) is 0 Å². The number of carboxylic acid groups (broad SMARTS) is 1. The van der Waals surface area contributed by atoms with Gasteiger partial charge in [-0.2, -0.15) is 0 Å². The molecule has 0 aliphatic heterocycles. The van der Waals surface area contributed by atoms with E-state index in [2.05, 4.69) is 12.2 Å². The van der Waals surface area contributed by atoms with Gasteiger partial charge in [0.25, 0.3) is 0 Å². The Labute approximate surface area is 209 Å². The van der Waals surface area contributed by atoms with Crippen molar-refractivity contribution in [2.24, 2.45) is 0 Å². The highest BCUT2D eigenvalue weighted by Gasteiger charge is 2.20. The number of carbonyl (C=O) groups is 3. The molecule has 1 atom stereocenters. The Kier molecular flexibility index (Phi) is 12.0. The zero-order valence-corrected chi connectivity index (χ0v) is 21.4. The molecule has 0 aliphatic carbocycles. The quantitative estimate of drug-likeness (QED) is 0.307. The Hall–Kier alpha value is -3.15. The van der Waals surface area contributed by atoms with E-state index >= 15 is 0 Å². The van der Waals surface area contributed by atoms with Crippen LogP contribution in [0.3, 0.4) is 0 Å². The molecule has 6 heteroatoms. The highest BCUT2D eigenvalue weighted by Crippen LogP contribution is 2.25. The molecule has 0 heterocycles. The largest absolute Gasteiger partial charge is 0.480 e. The zero-order valence-electron chi connectivity index (χ0n) is 21.4. The number of hydrogen-bond donors (Lipinski definition) is 2. The van der Waals surface area contributed by atoms with Crippen LogP contribution in [0.2, 0.25) is 0 Å². The Morgan fingerprint density at radius 3 is 2.20 bits per heavy atom. The summed E-state index contributed by atoms with van der Waals surface area (Å²) in [6.45, 7) is 4.08. The molecule has 0 saturated heterocycles. The van der Waals surface area contributed by atoms with Crippen molar-refractivity contribution in [2.75, 3.05) is 11.9 Å². The second-order valence-electron chi connectivity index (χ2n) is 9.13. The van der Waals surface area contributed by atoms with Gasteiger partial charge >= 0.3 is 5.97 Å². The average molecular weight is 481 g/mol. The molecule has 0 saturated carbocycles. The van der Waals surface area contributed by atoms with Gasteiger partial charge in [-0.15, -0.1) is 0 Å². The van der Waals surface area contributed by atoms with E-state index in [-0.39, 0.29) is 18.2 Å². The number of hydrogen-bond acceptors (Lipinski definition) is 3. The fourth-order valence-corrected chi connectivity index (χ4v) is 4.02. The van der Waals surface area contributed by atoms with Crippen LogP contribution in [0.5, 0.6) is 0 Å². The Bertz CT molecular complexity index is 955. The van der Waals surface area contributed by atoms with Gasteiger partial charge in [0.15, 0.2) is 0 Å². The minimum absolute atomic E-state index is 0.123. The van der Waals surface area contributed by atoms with E-state index in [4.69, 9.17) is 0 Å². The first-order valence-electron chi connectivity index (χ1n) is 12.8. The first-order valence-corrected chi connectivity index (χ1v) is 12.8. The lowest BCUT2D eigenvalue weighted by molar-refractivity contribution is -0.141. The lowest BCUT2D eigenvalue weighted by Gasteiger charge is -2.18. The number of nitrogens with zero attached hydrogens (tertiary/aromatic N) is 1. The first kappa shape index (κ1) is 28.1. The maximum Gasteiger partial charge on any atom is 0.326 e. The molecule has 0 aromatic heterocycles. The summed E-state index contributed by atoms with van der Waals surface area (Å²) in [6.07, 6.45) is 8.70. The van der Waals surface area contributed by atoms with Crippen molar-refractivity contribution in [3.8, 4) is 11.1 Å². The SMILES string of the molecule is CCCCCCCCC(=O)N(C)c1cccc(-c2ccc(CC(NC(=O)CCC)C(=O)O)cc2)c1. The van der Waals surface area contributed by atoms with Gasteiger partial charge < -0.3 is 15.3 Å². The summed E-state index contributed by atoms with van der Waals surface area (Å²) in [5.41, 5.74) is 3.65. The van der Waals surface area contributed by atoms with Crippen molar-refractivity contribution in [3.05, 3.63) is 54.1 Å². The van der Waals surface area contributed by atoms with Crippen molar-refractivity contribution in [2.45, 2.75) is 84.1 Å². The number of rotatable bonds is 15. The summed E-state index contributed by atoms with van der Waals surface area (Å²) in [7, 11) is 1.82. The maximum atomic E-state index is 12.6. The van der Waals surface area contributed by atoms with Crippen LogP contribution >= 0.6 is 0 Å². The standard InChI is InChI=1S/C29H40N2O4/c1-4-6-7-8-9-10-15-28(33)31(3)25-14-11-13-24(21-25)23-18-16-22(17-19-23)20-26(29(34)35)30-27(32)12-5-2/h11,13-14,16-19,21,26H,4-10,12,15,20H2,1-3H3,(H,30,32)(H,34,35). The molecule has 2 amide bonds. The number of carbonyl (C=O) groups excluding carboxylic acids is 2. The predicted octanol–water partition coefficient (Wildman–Crippen LogP) is 5.98. The fourth-order valence-electron chi connectivity index (χ4n) is 4.02. The van der Waals surface area contributed by atoms with Crippen LogP contribution in [0.1, 0.15) is 77.2 Å². The monoisotopic (exact) mass is 480 g/mol. The maximum absolute atomic E-state index is 12.6. The van der Waals surface area contributed by atoms with E-state index in [0.717, 1.165) is 35.2 Å². The van der Waals surface area contributed by atoms with Crippen molar-refractivity contribution in [3.63, 3.8) is 0 Å². The molecule has 0 spiro atoms. The lowest BCUT2D eigenvalue weighted by Crippen LogP contribution is -2.42. The first-order chi connectivity index (χ1) is 16.8. The lowest BCUT2D eigenvalue weighted by atomic mass is 10.00. The average Bonchev–Trinajstić information content (AvgIpc) is 2.85. The molecule has 0 fully saturated rings. The molecule has 2 aromatic carbocycles. The topological polar surface area (TPSA) is 86.7 Å². The predicted molar refractivity (Wildman–Crippen MR) is 141 cm³/mol. The minimum atomic E-state index is -1.04. The third kappa shape index (κ3) is 9.55. The van der Waals surface area contributed by atoms with Gasteiger partial charge in [-0.1, -0.05) is 82.3 Å². The van der Waals surface area contributed by atoms with Crippen LogP contribution in [0.15, 0.2) is 48.5 Å². The van der Waals surface area contributed by atoms with Gasteiger partial charge in [-0.3, -0.25) is 9.59 Å². The van der Waals surface area contributed by atoms with Crippen molar-refractivity contribution in [1.82, 2.24) is 5.32 Å². The molecule has 2 rings (SSSR count). The van der Waals surface area contributed by atoms with Crippen LogP contribution in [-0.4, -0.2) is 36.0 Å². The van der Waals surface area contributed by atoms with Crippen LogP contribution in [-0.2, 0) is 20.8 Å². The number of carboxylic acids is 1. The van der Waals surface area contributed by atoms with Gasteiger partial charge in [0.2, 0.25) is 11.8 Å². The molecule has 0 radical (unpaired) electrons. The highest BCUT2D eigenvalue weighted by molar-refractivity contribution is 5.93. The van der Waals surface area contributed by atoms with E-state index in [1.807, 2.05) is 62.5 Å². The van der Waals surface area contributed by atoms with Crippen molar-refractivity contribution < 1.29 is 19.5 Å². The normalized spacial score (nSPS) is 11.6. The zero-order chi connectivity index (χ0) is 25.6. The van der Waals surface area contributed by atoms with Gasteiger partial charge in [0.05, 0.1) is 0 Å². The van der Waals surface area contributed by atoms with Crippen LogP contribution in [0, 0.1) is 0 Å². The highest BCUT2D eigenvalue weighted by atomic mass is 16.4. The summed E-state index contributed by atoms with van der Waals surface area (Å²) < 4.78 is 0. The fraction of sp³-hybridized carbons (Fsp3) is 0.483. The third-order valence-corrected chi connectivity index (χ3v) is 6.19. The molecule has 6 nitrogen and oxygen atoms in total. The molecular formula is C29H40N2O4. The van der Waals surface area contributed by atoms with Gasteiger partial charge in [0, 0.05) is 32.0 Å². The molecule has 2 N–H and O–H groups in total. The smallest absolute Gasteiger partial charge is 0.326 e. The minimum Gasteiger partial charge on any atom is -0.480 e. The number of aliphatic carboxylic acids is 1. The van der Waals surface area contributed by atoms with E-state index in [1.54, 1.807) is 4.90 Å². The van der Waals surface area contributed by atoms with Crippen LogP contribution < -0.4 is 10.2 Å². The summed E-state index contributed by atoms with van der Waals surface area (Å²) in [5, 5.41) is 12.1. The van der Waals surface area contributed by atoms with E-state index in [0.29, 0.717) is 19.3 Å². The second-order valence-corrected chi connectivity index (χ2v) is 9.13. The summed E-state index contributed by atoms with van der Waals surface area (Å²) in [5.74, 6) is -1.17. The Balaban J connectivity index is 1.99. The molecular weight excluding hydrogens is 440 g/mol. The van der Waals surface area contributed by atoms with Gasteiger partial charge in [0.1, 0.15) is 6.04 Å². The summed E-state index contributed by atoms with van der Waals surface area (Å²) >= 11 is 0. The van der Waals surface area contributed by atoms with Crippen LogP contribution in [0.4, 0.5) is 5.69 Å². The van der Waals surface area contributed by atoms with E-state index < -0.39 is 12.0 Å². The Morgan fingerprint density at radius 1 is 0.857 bits per heavy atom. The summed E-state index contributed by atoms with van der Waals surface area (Å²) in [6, 6.07) is 14.6.